The van der Waals surface area contributed by atoms with Gasteiger partial charge in [-0.25, -0.2) is 9.59 Å². The zero-order valence-electron chi connectivity index (χ0n) is 13.0. The normalized spacial score (nSPS) is 15.5. The molecule has 2 saturated carbocycles. The monoisotopic (exact) mass is 326 g/mol. The van der Waals surface area contributed by atoms with E-state index in [0.717, 1.165) is 0 Å². The number of rotatable bonds is 0. The minimum absolute atomic E-state index is 1.50. The first-order chi connectivity index (χ1) is 10.5. The molecule has 0 atom stereocenters. The van der Waals surface area contributed by atoms with Gasteiger partial charge in [-0.2, -0.15) is 0 Å². The Morgan fingerprint density at radius 3 is 0.500 bits per heavy atom. The standard InChI is InChI=1S/2C6H12.2CH2O3.H2O2/c2*1-2-4-6-5-3-1;2*2-1(3)4;1-2/h2*1-6H2;2*(H2,2,3,4);1-2H. The molecular weight excluding hydrogens is 296 g/mol. The van der Waals surface area contributed by atoms with Crippen molar-refractivity contribution in [3.05, 3.63) is 0 Å². The number of hydrogen-bond acceptors (Lipinski definition) is 4. The first kappa shape index (κ1) is 25.4. The summed E-state index contributed by atoms with van der Waals surface area (Å²) in [6.07, 6.45) is 14.3. The third-order valence-corrected chi connectivity index (χ3v) is 3.00. The third-order valence-electron chi connectivity index (χ3n) is 3.00. The molecule has 0 aromatic rings. The highest BCUT2D eigenvalue weighted by Gasteiger charge is 1.96. The van der Waals surface area contributed by atoms with Gasteiger partial charge in [0.15, 0.2) is 0 Å². The van der Waals surface area contributed by atoms with Gasteiger partial charge in [-0.15, -0.1) is 0 Å². The van der Waals surface area contributed by atoms with E-state index in [1.165, 1.54) is 77.0 Å². The summed E-state index contributed by atoms with van der Waals surface area (Å²) in [4.78, 5) is 17.1. The van der Waals surface area contributed by atoms with Crippen LogP contribution in [-0.2, 0) is 0 Å². The Hall–Kier alpha value is -1.54. The summed E-state index contributed by atoms with van der Waals surface area (Å²) >= 11 is 0. The molecule has 22 heavy (non-hydrogen) atoms. The Kier molecular flexibility index (Phi) is 28.3. The van der Waals surface area contributed by atoms with Gasteiger partial charge in [0.1, 0.15) is 0 Å². The van der Waals surface area contributed by atoms with E-state index in [2.05, 4.69) is 0 Å². The largest absolute Gasteiger partial charge is 0.503 e. The summed E-state index contributed by atoms with van der Waals surface area (Å²) in [5, 5.41) is 39.9. The van der Waals surface area contributed by atoms with E-state index in [0.29, 0.717) is 0 Å². The van der Waals surface area contributed by atoms with Crippen LogP contribution in [0.1, 0.15) is 77.0 Å². The van der Waals surface area contributed by atoms with Crippen molar-refractivity contribution in [1.29, 1.82) is 0 Å². The predicted octanol–water partition coefficient (Wildman–Crippen LogP) is 5.14. The van der Waals surface area contributed by atoms with E-state index < -0.39 is 12.3 Å². The van der Waals surface area contributed by atoms with Gasteiger partial charge >= 0.3 is 12.3 Å². The van der Waals surface area contributed by atoms with Crippen molar-refractivity contribution in [2.45, 2.75) is 77.0 Å². The fourth-order valence-electron chi connectivity index (χ4n) is 2.12. The highest BCUT2D eigenvalue weighted by molar-refractivity contribution is 5.53. The number of hydrogen-bond donors (Lipinski definition) is 6. The molecule has 0 radical (unpaired) electrons. The van der Waals surface area contributed by atoms with Crippen LogP contribution < -0.4 is 0 Å². The van der Waals surface area contributed by atoms with Crippen LogP contribution >= 0.6 is 0 Å². The molecule has 8 heteroatoms. The van der Waals surface area contributed by atoms with E-state index in [9.17, 15) is 0 Å². The van der Waals surface area contributed by atoms with Gasteiger partial charge in [-0.3, -0.25) is 10.5 Å². The summed E-state index contributed by atoms with van der Waals surface area (Å²) in [5.41, 5.74) is 0. The SMILES string of the molecule is C1CCCCC1.C1CCCCC1.O=C(O)O.O=C(O)O.OO. The van der Waals surface area contributed by atoms with Crippen molar-refractivity contribution in [2.75, 3.05) is 0 Å². The third kappa shape index (κ3) is 51.4. The van der Waals surface area contributed by atoms with Crippen LogP contribution in [-0.4, -0.2) is 43.3 Å². The molecule has 6 N–H and O–H groups in total. The molecular formula is C14H30O8. The zero-order chi connectivity index (χ0) is 17.6. The second-order valence-corrected chi connectivity index (χ2v) is 4.81. The first-order valence-corrected chi connectivity index (χ1v) is 7.50. The van der Waals surface area contributed by atoms with Crippen molar-refractivity contribution in [1.82, 2.24) is 0 Å². The van der Waals surface area contributed by atoms with Crippen molar-refractivity contribution < 1.29 is 40.5 Å². The van der Waals surface area contributed by atoms with E-state index >= 15 is 0 Å². The lowest BCUT2D eigenvalue weighted by atomic mass is 10.0. The van der Waals surface area contributed by atoms with E-state index in [1.807, 2.05) is 0 Å². The molecule has 0 heterocycles. The van der Waals surface area contributed by atoms with Crippen LogP contribution in [0.4, 0.5) is 9.59 Å². The van der Waals surface area contributed by atoms with Gasteiger partial charge in [0.05, 0.1) is 0 Å². The van der Waals surface area contributed by atoms with Crippen molar-refractivity contribution in [3.8, 4) is 0 Å². The van der Waals surface area contributed by atoms with Gasteiger partial charge in [0.2, 0.25) is 0 Å². The minimum atomic E-state index is -1.83. The maximum Gasteiger partial charge on any atom is 0.503 e. The molecule has 0 aromatic carbocycles. The Morgan fingerprint density at radius 2 is 0.455 bits per heavy atom. The Morgan fingerprint density at radius 1 is 0.409 bits per heavy atom. The molecule has 134 valence electrons. The summed E-state index contributed by atoms with van der Waals surface area (Å²) < 4.78 is 0. The molecule has 0 aliphatic heterocycles. The lowest BCUT2D eigenvalue weighted by Crippen LogP contribution is -1.85. The van der Waals surface area contributed by atoms with Crippen LogP contribution in [0.15, 0.2) is 0 Å². The van der Waals surface area contributed by atoms with E-state index in [1.54, 1.807) is 0 Å². The topological polar surface area (TPSA) is 156 Å². The first-order valence-electron chi connectivity index (χ1n) is 7.50. The quantitative estimate of drug-likeness (QED) is 0.264. The zero-order valence-corrected chi connectivity index (χ0v) is 13.0. The van der Waals surface area contributed by atoms with Crippen LogP contribution in [0.25, 0.3) is 0 Å². The second-order valence-electron chi connectivity index (χ2n) is 4.81. The van der Waals surface area contributed by atoms with Gasteiger partial charge in [-0.05, 0) is 0 Å². The molecule has 2 aliphatic carbocycles. The van der Waals surface area contributed by atoms with Crippen molar-refractivity contribution in [3.63, 3.8) is 0 Å². The summed E-state index contributed by atoms with van der Waals surface area (Å²) in [7, 11) is 0. The van der Waals surface area contributed by atoms with Crippen LogP contribution in [0.3, 0.4) is 0 Å². The Balaban J connectivity index is -0.000000215. The maximum absolute atomic E-state index is 8.56. The van der Waals surface area contributed by atoms with Gasteiger partial charge in [0.25, 0.3) is 0 Å². The van der Waals surface area contributed by atoms with E-state index in [-0.39, 0.29) is 0 Å². The summed E-state index contributed by atoms with van der Waals surface area (Å²) in [5.74, 6) is 0. The molecule has 0 saturated heterocycles. The Bertz CT molecular complexity index is 170. The van der Waals surface area contributed by atoms with Gasteiger partial charge in [-0.1, -0.05) is 77.0 Å². The molecule has 2 fully saturated rings. The van der Waals surface area contributed by atoms with Crippen LogP contribution in [0.2, 0.25) is 0 Å². The van der Waals surface area contributed by atoms with Gasteiger partial charge in [0, 0.05) is 0 Å². The summed E-state index contributed by atoms with van der Waals surface area (Å²) in [6.45, 7) is 0. The Labute approximate surface area is 131 Å². The molecule has 0 spiro atoms. The van der Waals surface area contributed by atoms with Crippen molar-refractivity contribution >= 4 is 12.3 Å². The summed E-state index contributed by atoms with van der Waals surface area (Å²) in [6, 6.07) is 0. The molecule has 2 rings (SSSR count). The average Bonchev–Trinajstić information content (AvgIpc) is 2.52. The lowest BCUT2D eigenvalue weighted by Gasteiger charge is -2.05. The van der Waals surface area contributed by atoms with E-state index in [4.69, 9.17) is 40.5 Å². The maximum atomic E-state index is 8.56. The molecule has 2 aliphatic rings. The molecule has 0 aromatic heterocycles. The molecule has 0 amide bonds. The molecule has 0 unspecified atom stereocenters. The smallest absolute Gasteiger partial charge is 0.450 e. The fraction of sp³-hybridized carbons (Fsp3) is 0.857. The second kappa shape index (κ2) is 24.5. The average molecular weight is 326 g/mol. The predicted molar refractivity (Wildman–Crippen MR) is 82.0 cm³/mol. The van der Waals surface area contributed by atoms with Gasteiger partial charge < -0.3 is 20.4 Å². The number of carboxylic acid groups (broad SMARTS) is 4. The van der Waals surface area contributed by atoms with Crippen molar-refractivity contribution in [2.24, 2.45) is 0 Å². The minimum Gasteiger partial charge on any atom is -0.450 e. The van der Waals surface area contributed by atoms with Crippen LogP contribution in [0.5, 0.6) is 0 Å². The number of carbonyl (C=O) groups is 2. The van der Waals surface area contributed by atoms with Crippen LogP contribution in [0, 0.1) is 0 Å². The lowest BCUT2D eigenvalue weighted by molar-refractivity contribution is -0.176. The highest BCUT2D eigenvalue weighted by Crippen LogP contribution is 2.15. The molecule has 8 nitrogen and oxygen atoms in total. The fourth-order valence-corrected chi connectivity index (χ4v) is 2.12. The highest BCUT2D eigenvalue weighted by atomic mass is 17.0. The molecule has 0 bridgehead atoms.